The predicted molar refractivity (Wildman–Crippen MR) is 82.9 cm³/mol. The number of benzene rings is 2. The highest BCUT2D eigenvalue weighted by Gasteiger charge is 2.19. The fraction of sp³-hybridized carbons (Fsp3) is 0.176. The van der Waals surface area contributed by atoms with Crippen molar-refractivity contribution in [3.8, 4) is 5.75 Å². The Morgan fingerprint density at radius 2 is 2.05 bits per heavy atom. The van der Waals surface area contributed by atoms with Gasteiger partial charge in [0.05, 0.1) is 17.7 Å². The van der Waals surface area contributed by atoms with Crippen LogP contribution in [0.3, 0.4) is 0 Å². The minimum atomic E-state index is -0.306. The molecule has 0 radical (unpaired) electrons. The summed E-state index contributed by atoms with van der Waals surface area (Å²) >= 11 is 6.15. The van der Waals surface area contributed by atoms with Gasteiger partial charge in [-0.15, -0.1) is 0 Å². The molecule has 2 N–H and O–H groups in total. The van der Waals surface area contributed by atoms with Gasteiger partial charge in [-0.25, -0.2) is 0 Å². The standard InChI is InChI=1S/C17H14ClNO2/c18-13-3-1-2-12-9-15(21-17(12)13)16(19)11-4-5-14-10(8-11)6-7-20-14/h1-5,8-9,16H,6-7,19H2. The Kier molecular flexibility index (Phi) is 2.91. The molecule has 0 spiro atoms. The minimum absolute atomic E-state index is 0.306. The van der Waals surface area contributed by atoms with Gasteiger partial charge in [-0.05, 0) is 35.4 Å². The van der Waals surface area contributed by atoms with E-state index in [-0.39, 0.29) is 6.04 Å². The average molecular weight is 300 g/mol. The molecule has 1 unspecified atom stereocenters. The van der Waals surface area contributed by atoms with Crippen molar-refractivity contribution in [2.75, 3.05) is 6.61 Å². The van der Waals surface area contributed by atoms with Crippen LogP contribution in [0.4, 0.5) is 0 Å². The van der Waals surface area contributed by atoms with Crippen LogP contribution >= 0.6 is 11.6 Å². The van der Waals surface area contributed by atoms with E-state index in [2.05, 4.69) is 6.07 Å². The maximum absolute atomic E-state index is 6.35. The van der Waals surface area contributed by atoms with Crippen LogP contribution in [0, 0.1) is 0 Å². The topological polar surface area (TPSA) is 48.4 Å². The zero-order valence-electron chi connectivity index (χ0n) is 11.3. The van der Waals surface area contributed by atoms with E-state index >= 15 is 0 Å². The smallest absolute Gasteiger partial charge is 0.152 e. The van der Waals surface area contributed by atoms with Crippen molar-refractivity contribution in [3.63, 3.8) is 0 Å². The van der Waals surface area contributed by atoms with Crippen molar-refractivity contribution in [2.45, 2.75) is 12.5 Å². The molecule has 1 atom stereocenters. The Balaban J connectivity index is 1.75. The monoisotopic (exact) mass is 299 g/mol. The van der Waals surface area contributed by atoms with E-state index in [1.807, 2.05) is 36.4 Å². The molecule has 2 aromatic carbocycles. The van der Waals surface area contributed by atoms with E-state index in [9.17, 15) is 0 Å². The maximum Gasteiger partial charge on any atom is 0.152 e. The predicted octanol–water partition coefficient (Wildman–Crippen LogP) is 4.07. The van der Waals surface area contributed by atoms with Crippen molar-refractivity contribution in [1.82, 2.24) is 0 Å². The van der Waals surface area contributed by atoms with E-state index in [0.29, 0.717) is 10.6 Å². The summed E-state index contributed by atoms with van der Waals surface area (Å²) in [6, 6.07) is 13.4. The summed E-state index contributed by atoms with van der Waals surface area (Å²) in [6.45, 7) is 0.744. The van der Waals surface area contributed by atoms with Gasteiger partial charge >= 0.3 is 0 Å². The second-order valence-corrected chi connectivity index (χ2v) is 5.66. The van der Waals surface area contributed by atoms with Crippen molar-refractivity contribution in [3.05, 3.63) is 64.4 Å². The van der Waals surface area contributed by atoms with Crippen LogP contribution in [0.15, 0.2) is 46.9 Å². The van der Waals surface area contributed by atoms with Crippen LogP contribution in [-0.2, 0) is 6.42 Å². The molecule has 106 valence electrons. The summed E-state index contributed by atoms with van der Waals surface area (Å²) in [7, 11) is 0. The largest absolute Gasteiger partial charge is 0.493 e. The minimum Gasteiger partial charge on any atom is -0.493 e. The Bertz CT molecular complexity index is 825. The second-order valence-electron chi connectivity index (χ2n) is 5.25. The summed E-state index contributed by atoms with van der Waals surface area (Å²) in [6.07, 6.45) is 0.932. The number of furan rings is 1. The second kappa shape index (κ2) is 4.79. The summed E-state index contributed by atoms with van der Waals surface area (Å²) in [5.41, 5.74) is 9.26. The highest BCUT2D eigenvalue weighted by molar-refractivity contribution is 6.34. The summed E-state index contributed by atoms with van der Waals surface area (Å²) < 4.78 is 11.4. The summed E-state index contributed by atoms with van der Waals surface area (Å²) in [5, 5.41) is 1.57. The third-order valence-corrected chi connectivity index (χ3v) is 4.19. The van der Waals surface area contributed by atoms with E-state index in [0.717, 1.165) is 35.5 Å². The zero-order chi connectivity index (χ0) is 14.4. The molecule has 0 aliphatic carbocycles. The van der Waals surface area contributed by atoms with Crippen LogP contribution in [0.5, 0.6) is 5.75 Å². The molecule has 0 amide bonds. The van der Waals surface area contributed by atoms with E-state index in [4.69, 9.17) is 26.5 Å². The number of fused-ring (bicyclic) bond motifs is 2. The number of hydrogen-bond donors (Lipinski definition) is 1. The molecule has 0 bridgehead atoms. The summed E-state index contributed by atoms with van der Waals surface area (Å²) in [5.74, 6) is 1.68. The Morgan fingerprint density at radius 3 is 2.90 bits per heavy atom. The molecule has 21 heavy (non-hydrogen) atoms. The Labute approximate surface area is 127 Å². The molecule has 0 fully saturated rings. The van der Waals surface area contributed by atoms with Gasteiger partial charge in [0.1, 0.15) is 11.5 Å². The molecular formula is C17H14ClNO2. The average Bonchev–Trinajstić information content (AvgIpc) is 3.12. The molecule has 1 aliphatic heterocycles. The van der Waals surface area contributed by atoms with Gasteiger partial charge in [-0.2, -0.15) is 0 Å². The first-order chi connectivity index (χ1) is 10.2. The van der Waals surface area contributed by atoms with Gasteiger partial charge in [-0.3, -0.25) is 0 Å². The van der Waals surface area contributed by atoms with Gasteiger partial charge in [0, 0.05) is 11.8 Å². The third-order valence-electron chi connectivity index (χ3n) is 3.89. The molecule has 1 aliphatic rings. The highest BCUT2D eigenvalue weighted by atomic mass is 35.5. The maximum atomic E-state index is 6.35. The first-order valence-electron chi connectivity index (χ1n) is 6.91. The Hall–Kier alpha value is -1.97. The lowest BCUT2D eigenvalue weighted by Crippen LogP contribution is -2.10. The lowest BCUT2D eigenvalue weighted by atomic mass is 10.0. The fourth-order valence-corrected chi connectivity index (χ4v) is 2.99. The van der Waals surface area contributed by atoms with Crippen LogP contribution in [-0.4, -0.2) is 6.61 Å². The van der Waals surface area contributed by atoms with Gasteiger partial charge in [0.15, 0.2) is 5.58 Å². The first-order valence-corrected chi connectivity index (χ1v) is 7.29. The quantitative estimate of drug-likeness (QED) is 0.776. The van der Waals surface area contributed by atoms with Crippen molar-refractivity contribution >= 4 is 22.6 Å². The van der Waals surface area contributed by atoms with Crippen LogP contribution < -0.4 is 10.5 Å². The SMILES string of the molecule is NC(c1ccc2c(c1)CCO2)c1cc2cccc(Cl)c2o1. The molecule has 4 rings (SSSR count). The number of ether oxygens (including phenoxy) is 1. The normalized spacial score (nSPS) is 15.0. The molecule has 1 aromatic heterocycles. The van der Waals surface area contributed by atoms with E-state index in [1.165, 1.54) is 5.56 Å². The molecule has 2 heterocycles. The zero-order valence-corrected chi connectivity index (χ0v) is 12.1. The van der Waals surface area contributed by atoms with Gasteiger partial charge in [-0.1, -0.05) is 29.8 Å². The lowest BCUT2D eigenvalue weighted by Gasteiger charge is -2.10. The van der Waals surface area contributed by atoms with Crippen molar-refractivity contribution < 1.29 is 9.15 Å². The Morgan fingerprint density at radius 1 is 1.14 bits per heavy atom. The van der Waals surface area contributed by atoms with Gasteiger partial charge in [0.25, 0.3) is 0 Å². The highest BCUT2D eigenvalue weighted by Crippen LogP contribution is 2.33. The first kappa shape index (κ1) is 12.7. The number of para-hydroxylation sites is 1. The van der Waals surface area contributed by atoms with E-state index in [1.54, 1.807) is 0 Å². The number of hydrogen-bond acceptors (Lipinski definition) is 3. The van der Waals surface area contributed by atoms with Crippen molar-refractivity contribution in [2.24, 2.45) is 5.73 Å². The molecule has 3 aromatic rings. The number of nitrogens with two attached hydrogens (primary N) is 1. The van der Waals surface area contributed by atoms with Crippen LogP contribution in [0.2, 0.25) is 5.02 Å². The van der Waals surface area contributed by atoms with Crippen molar-refractivity contribution in [1.29, 1.82) is 0 Å². The van der Waals surface area contributed by atoms with Crippen LogP contribution in [0.25, 0.3) is 11.0 Å². The molecule has 3 nitrogen and oxygen atoms in total. The number of halogens is 1. The van der Waals surface area contributed by atoms with Crippen LogP contribution in [0.1, 0.15) is 22.9 Å². The molecule has 0 saturated carbocycles. The number of rotatable bonds is 2. The molecule has 4 heteroatoms. The van der Waals surface area contributed by atoms with E-state index < -0.39 is 0 Å². The third kappa shape index (κ3) is 2.09. The molecule has 0 saturated heterocycles. The fourth-order valence-electron chi connectivity index (χ4n) is 2.76. The lowest BCUT2D eigenvalue weighted by molar-refractivity contribution is 0.357. The van der Waals surface area contributed by atoms with Gasteiger partial charge in [0.2, 0.25) is 0 Å². The molecular weight excluding hydrogens is 286 g/mol. The summed E-state index contributed by atoms with van der Waals surface area (Å²) in [4.78, 5) is 0. The van der Waals surface area contributed by atoms with Gasteiger partial charge < -0.3 is 14.9 Å².